The average molecular weight is 211 g/mol. The molecular formula is C9H13N3O3. The molecule has 2 heterocycles. The van der Waals surface area contributed by atoms with Crippen molar-refractivity contribution in [2.24, 2.45) is 0 Å². The van der Waals surface area contributed by atoms with Crippen molar-refractivity contribution < 1.29 is 9.47 Å². The molecule has 2 rings (SSSR count). The zero-order valence-corrected chi connectivity index (χ0v) is 8.42. The molecule has 2 N–H and O–H groups in total. The second-order valence-electron chi connectivity index (χ2n) is 3.38. The summed E-state index contributed by atoms with van der Waals surface area (Å²) in [4.78, 5) is 15.1. The van der Waals surface area contributed by atoms with Crippen LogP contribution in [0.4, 0.5) is 5.82 Å². The molecule has 0 saturated carbocycles. The molecule has 1 aromatic rings. The van der Waals surface area contributed by atoms with Crippen LogP contribution in [0, 0.1) is 0 Å². The number of anilines is 1. The number of rotatable bonds is 2. The Kier molecular flexibility index (Phi) is 2.70. The number of hydrogen-bond donors (Lipinski definition) is 1. The topological polar surface area (TPSA) is 79.4 Å². The zero-order valence-electron chi connectivity index (χ0n) is 8.42. The van der Waals surface area contributed by atoms with Crippen LogP contribution in [0.15, 0.2) is 17.1 Å². The monoisotopic (exact) mass is 211 g/mol. The number of ether oxygens (including phenoxy) is 2. The molecule has 1 aromatic heterocycles. The molecule has 1 saturated heterocycles. The second-order valence-corrected chi connectivity index (χ2v) is 3.38. The molecular weight excluding hydrogens is 198 g/mol. The van der Waals surface area contributed by atoms with Crippen molar-refractivity contribution in [1.29, 1.82) is 0 Å². The van der Waals surface area contributed by atoms with Crippen molar-refractivity contribution in [2.75, 3.05) is 12.8 Å². The number of nitrogens with two attached hydrogens (primary N) is 1. The Bertz CT molecular complexity index is 404. The molecule has 15 heavy (non-hydrogen) atoms. The molecule has 0 radical (unpaired) electrons. The van der Waals surface area contributed by atoms with Gasteiger partial charge < -0.3 is 15.2 Å². The minimum absolute atomic E-state index is 0.220. The van der Waals surface area contributed by atoms with E-state index in [1.807, 2.05) is 0 Å². The summed E-state index contributed by atoms with van der Waals surface area (Å²) in [5.41, 5.74) is 5.00. The molecule has 2 atom stereocenters. The van der Waals surface area contributed by atoms with Crippen LogP contribution in [-0.4, -0.2) is 23.0 Å². The van der Waals surface area contributed by atoms with Crippen LogP contribution in [0.2, 0.25) is 0 Å². The maximum absolute atomic E-state index is 11.5. The quantitative estimate of drug-likeness (QED) is 0.750. The zero-order chi connectivity index (χ0) is 10.8. The molecule has 6 heteroatoms. The number of nitrogen functional groups attached to an aromatic ring is 1. The van der Waals surface area contributed by atoms with Gasteiger partial charge in [0, 0.05) is 19.7 Å². The van der Waals surface area contributed by atoms with Gasteiger partial charge in [-0.2, -0.15) is 4.98 Å². The van der Waals surface area contributed by atoms with Crippen LogP contribution in [-0.2, 0) is 9.47 Å². The van der Waals surface area contributed by atoms with Gasteiger partial charge in [-0.15, -0.1) is 0 Å². The van der Waals surface area contributed by atoms with Gasteiger partial charge >= 0.3 is 5.69 Å². The summed E-state index contributed by atoms with van der Waals surface area (Å²) in [6.45, 7) is 0. The summed E-state index contributed by atoms with van der Waals surface area (Å²) in [6.07, 6.45) is 2.57. The lowest BCUT2D eigenvalue weighted by Crippen LogP contribution is -2.27. The minimum atomic E-state index is -0.392. The molecule has 2 unspecified atom stereocenters. The first kappa shape index (κ1) is 10.1. The predicted molar refractivity (Wildman–Crippen MR) is 53.1 cm³/mol. The minimum Gasteiger partial charge on any atom is -0.383 e. The highest BCUT2D eigenvalue weighted by Crippen LogP contribution is 2.26. The van der Waals surface area contributed by atoms with E-state index in [0.717, 1.165) is 12.8 Å². The Balaban J connectivity index is 2.20. The highest BCUT2D eigenvalue weighted by Gasteiger charge is 2.26. The molecule has 1 aliphatic rings. The molecule has 1 aliphatic heterocycles. The Labute approximate surface area is 86.6 Å². The van der Waals surface area contributed by atoms with Gasteiger partial charge in [-0.1, -0.05) is 0 Å². The van der Waals surface area contributed by atoms with E-state index in [-0.39, 0.29) is 18.3 Å². The second kappa shape index (κ2) is 4.00. The van der Waals surface area contributed by atoms with E-state index in [2.05, 4.69) is 4.98 Å². The molecule has 0 aliphatic carbocycles. The molecule has 0 bridgehead atoms. The number of hydrogen-bond acceptors (Lipinski definition) is 5. The smallest absolute Gasteiger partial charge is 0.351 e. The van der Waals surface area contributed by atoms with E-state index >= 15 is 0 Å². The van der Waals surface area contributed by atoms with Crippen molar-refractivity contribution in [3.8, 4) is 0 Å². The van der Waals surface area contributed by atoms with Gasteiger partial charge in [-0.3, -0.25) is 4.57 Å². The van der Waals surface area contributed by atoms with E-state index in [4.69, 9.17) is 15.2 Å². The van der Waals surface area contributed by atoms with Crippen molar-refractivity contribution in [2.45, 2.75) is 25.4 Å². The first-order chi connectivity index (χ1) is 7.20. The number of methoxy groups -OCH3 is 1. The molecule has 1 fully saturated rings. The van der Waals surface area contributed by atoms with Crippen LogP contribution >= 0.6 is 0 Å². The summed E-state index contributed by atoms with van der Waals surface area (Å²) in [5.74, 6) is 0.220. The van der Waals surface area contributed by atoms with Crippen molar-refractivity contribution in [3.63, 3.8) is 0 Å². The fourth-order valence-corrected chi connectivity index (χ4v) is 1.61. The van der Waals surface area contributed by atoms with Crippen LogP contribution in [0.5, 0.6) is 0 Å². The molecule has 82 valence electrons. The third-order valence-electron chi connectivity index (χ3n) is 2.38. The van der Waals surface area contributed by atoms with E-state index in [1.54, 1.807) is 19.4 Å². The maximum Gasteiger partial charge on any atom is 0.351 e. The van der Waals surface area contributed by atoms with E-state index in [1.165, 1.54) is 4.57 Å². The van der Waals surface area contributed by atoms with Crippen LogP contribution in [0.25, 0.3) is 0 Å². The number of nitrogens with zero attached hydrogens (tertiary/aromatic N) is 2. The van der Waals surface area contributed by atoms with Gasteiger partial charge in [0.15, 0.2) is 6.29 Å². The Morgan fingerprint density at radius 1 is 1.67 bits per heavy atom. The fourth-order valence-electron chi connectivity index (χ4n) is 1.61. The first-order valence-electron chi connectivity index (χ1n) is 4.73. The highest BCUT2D eigenvalue weighted by atomic mass is 16.7. The fraction of sp³-hybridized carbons (Fsp3) is 0.556. The van der Waals surface area contributed by atoms with Gasteiger partial charge in [0.2, 0.25) is 0 Å². The summed E-state index contributed by atoms with van der Waals surface area (Å²) in [6, 6.07) is 1.57. The maximum atomic E-state index is 11.5. The SMILES string of the molecule is COC1CCC(n2ccc(N)nc2=O)O1. The number of aromatic nitrogens is 2. The highest BCUT2D eigenvalue weighted by molar-refractivity contribution is 5.23. The molecule has 0 spiro atoms. The van der Waals surface area contributed by atoms with Gasteiger partial charge in [0.25, 0.3) is 0 Å². The normalized spacial score (nSPS) is 25.7. The summed E-state index contributed by atoms with van der Waals surface area (Å²) in [7, 11) is 1.58. The van der Waals surface area contributed by atoms with Crippen LogP contribution in [0.3, 0.4) is 0 Å². The summed E-state index contributed by atoms with van der Waals surface area (Å²) < 4.78 is 11.9. The average Bonchev–Trinajstić information content (AvgIpc) is 2.66. The summed E-state index contributed by atoms with van der Waals surface area (Å²) >= 11 is 0. The summed E-state index contributed by atoms with van der Waals surface area (Å²) in [5, 5.41) is 0. The van der Waals surface area contributed by atoms with Crippen LogP contribution in [0.1, 0.15) is 19.1 Å². The van der Waals surface area contributed by atoms with Gasteiger partial charge in [0.1, 0.15) is 12.0 Å². The van der Waals surface area contributed by atoms with Crippen molar-refractivity contribution >= 4 is 5.82 Å². The van der Waals surface area contributed by atoms with Gasteiger partial charge in [-0.25, -0.2) is 4.79 Å². The lowest BCUT2D eigenvalue weighted by molar-refractivity contribution is -0.134. The van der Waals surface area contributed by atoms with Crippen molar-refractivity contribution in [3.05, 3.63) is 22.7 Å². The van der Waals surface area contributed by atoms with E-state index in [9.17, 15) is 4.79 Å². The lowest BCUT2D eigenvalue weighted by Gasteiger charge is -2.14. The lowest BCUT2D eigenvalue weighted by atomic mass is 10.3. The van der Waals surface area contributed by atoms with Crippen LogP contribution < -0.4 is 11.4 Å². The Morgan fingerprint density at radius 2 is 2.47 bits per heavy atom. The first-order valence-corrected chi connectivity index (χ1v) is 4.73. The molecule has 0 aromatic carbocycles. The standard InChI is InChI=1S/C9H13N3O3/c1-14-8-3-2-7(15-8)12-5-4-6(10)11-9(12)13/h4-5,7-8H,2-3H2,1H3,(H2,10,11,13). The van der Waals surface area contributed by atoms with Gasteiger partial charge in [0.05, 0.1) is 0 Å². The molecule has 0 amide bonds. The third-order valence-corrected chi connectivity index (χ3v) is 2.38. The van der Waals surface area contributed by atoms with E-state index in [0.29, 0.717) is 0 Å². The Hall–Kier alpha value is -1.40. The Morgan fingerprint density at radius 3 is 3.07 bits per heavy atom. The van der Waals surface area contributed by atoms with Crippen molar-refractivity contribution in [1.82, 2.24) is 9.55 Å². The largest absolute Gasteiger partial charge is 0.383 e. The predicted octanol–water partition coefficient (Wildman–Crippen LogP) is 0.107. The van der Waals surface area contributed by atoms with E-state index < -0.39 is 5.69 Å². The van der Waals surface area contributed by atoms with Gasteiger partial charge in [-0.05, 0) is 12.5 Å². The molecule has 6 nitrogen and oxygen atoms in total. The third kappa shape index (κ3) is 2.00.